The molecule has 0 spiro atoms. The van der Waals surface area contributed by atoms with Crippen molar-refractivity contribution in [2.45, 2.75) is 13.8 Å². The number of carbonyl (C=O) groups excluding carboxylic acids is 1. The van der Waals surface area contributed by atoms with Crippen LogP contribution in [0, 0.1) is 17.4 Å². The van der Waals surface area contributed by atoms with Crippen molar-refractivity contribution in [1.82, 2.24) is 4.98 Å². The lowest BCUT2D eigenvalue weighted by atomic mass is 10.1. The Morgan fingerprint density at radius 1 is 1.14 bits per heavy atom. The number of halogens is 1. The molecule has 1 N–H and O–H groups in total. The first-order valence-electron chi connectivity index (χ1n) is 6.49. The third kappa shape index (κ3) is 2.80. The molecule has 0 radical (unpaired) electrons. The molecule has 0 aliphatic heterocycles. The normalized spacial score (nSPS) is 10.8. The maximum absolute atomic E-state index is 12.3. The third-order valence-electron chi connectivity index (χ3n) is 3.28. The van der Waals surface area contributed by atoms with E-state index in [1.165, 1.54) is 16.9 Å². The number of aryl methyl sites for hydroxylation is 2. The second-order valence-corrected chi connectivity index (χ2v) is 6.99. The van der Waals surface area contributed by atoms with Crippen LogP contribution in [0.3, 0.4) is 0 Å². The van der Waals surface area contributed by atoms with Crippen molar-refractivity contribution in [2.24, 2.45) is 0 Å². The molecule has 3 rings (SSSR count). The van der Waals surface area contributed by atoms with Gasteiger partial charge in [-0.05, 0) is 59.7 Å². The van der Waals surface area contributed by atoms with Crippen molar-refractivity contribution in [2.75, 3.05) is 5.32 Å². The highest BCUT2D eigenvalue weighted by molar-refractivity contribution is 14.1. The molecule has 21 heavy (non-hydrogen) atoms. The van der Waals surface area contributed by atoms with Gasteiger partial charge in [0.05, 0.1) is 15.8 Å². The minimum Gasteiger partial charge on any atom is -0.298 e. The van der Waals surface area contributed by atoms with Crippen molar-refractivity contribution < 1.29 is 4.79 Å². The molecule has 106 valence electrons. The Balaban J connectivity index is 1.96. The number of nitrogens with zero attached hydrogens (tertiary/aromatic N) is 1. The first-order valence-corrected chi connectivity index (χ1v) is 8.38. The van der Waals surface area contributed by atoms with Crippen LogP contribution in [-0.4, -0.2) is 10.9 Å². The Hall–Kier alpha value is -1.47. The SMILES string of the molecule is Cc1ccc(C)c2sc(NC(=O)c3ccccc3I)nc12. The second kappa shape index (κ2) is 5.73. The molecule has 0 aliphatic carbocycles. The number of rotatable bonds is 2. The van der Waals surface area contributed by atoms with Gasteiger partial charge in [0.1, 0.15) is 0 Å². The summed E-state index contributed by atoms with van der Waals surface area (Å²) in [6.07, 6.45) is 0. The van der Waals surface area contributed by atoms with Gasteiger partial charge in [-0.25, -0.2) is 4.98 Å². The number of fused-ring (bicyclic) bond motifs is 1. The van der Waals surface area contributed by atoms with Crippen LogP contribution in [0.4, 0.5) is 5.13 Å². The second-order valence-electron chi connectivity index (χ2n) is 4.83. The fraction of sp³-hybridized carbons (Fsp3) is 0.125. The fourth-order valence-electron chi connectivity index (χ4n) is 2.12. The predicted octanol–water partition coefficient (Wildman–Crippen LogP) is 4.77. The monoisotopic (exact) mass is 408 g/mol. The summed E-state index contributed by atoms with van der Waals surface area (Å²) in [4.78, 5) is 16.9. The molecule has 0 saturated heterocycles. The zero-order chi connectivity index (χ0) is 15.0. The molecule has 5 heteroatoms. The van der Waals surface area contributed by atoms with Crippen molar-refractivity contribution in [3.05, 3.63) is 56.7 Å². The summed E-state index contributed by atoms with van der Waals surface area (Å²) < 4.78 is 2.06. The van der Waals surface area contributed by atoms with Gasteiger partial charge in [-0.3, -0.25) is 10.1 Å². The van der Waals surface area contributed by atoms with E-state index in [1.807, 2.05) is 31.2 Å². The van der Waals surface area contributed by atoms with Crippen LogP contribution in [0.1, 0.15) is 21.5 Å². The summed E-state index contributed by atoms with van der Waals surface area (Å²) in [6.45, 7) is 4.10. The number of benzene rings is 2. The van der Waals surface area contributed by atoms with E-state index < -0.39 is 0 Å². The number of anilines is 1. The van der Waals surface area contributed by atoms with Gasteiger partial charge in [-0.15, -0.1) is 0 Å². The molecular weight excluding hydrogens is 395 g/mol. The van der Waals surface area contributed by atoms with E-state index in [9.17, 15) is 4.79 Å². The highest BCUT2D eigenvalue weighted by atomic mass is 127. The summed E-state index contributed by atoms with van der Waals surface area (Å²) in [5.41, 5.74) is 3.95. The van der Waals surface area contributed by atoms with Crippen LogP contribution in [0.15, 0.2) is 36.4 Å². The lowest BCUT2D eigenvalue weighted by Gasteiger charge is -2.03. The number of nitrogens with one attached hydrogen (secondary N) is 1. The summed E-state index contributed by atoms with van der Waals surface area (Å²) in [5, 5.41) is 3.55. The molecule has 1 amide bonds. The van der Waals surface area contributed by atoms with Crippen LogP contribution < -0.4 is 5.32 Å². The standard InChI is InChI=1S/C16H13IN2OS/c1-9-7-8-10(2)14-13(9)18-16(21-14)19-15(20)11-5-3-4-6-12(11)17/h3-8H,1-2H3,(H,18,19,20). The number of hydrogen-bond acceptors (Lipinski definition) is 3. The number of hydrogen-bond donors (Lipinski definition) is 1. The number of thiazole rings is 1. The average Bonchev–Trinajstić information content (AvgIpc) is 2.88. The van der Waals surface area contributed by atoms with Gasteiger partial charge in [0.15, 0.2) is 5.13 Å². The Morgan fingerprint density at radius 3 is 2.57 bits per heavy atom. The van der Waals surface area contributed by atoms with Gasteiger partial charge in [0, 0.05) is 3.57 Å². The van der Waals surface area contributed by atoms with E-state index in [2.05, 4.69) is 51.9 Å². The minimum absolute atomic E-state index is 0.116. The smallest absolute Gasteiger partial charge is 0.258 e. The van der Waals surface area contributed by atoms with E-state index in [-0.39, 0.29) is 5.91 Å². The summed E-state index contributed by atoms with van der Waals surface area (Å²) in [5.74, 6) is -0.116. The van der Waals surface area contributed by atoms with Crippen LogP contribution in [0.25, 0.3) is 10.2 Å². The highest BCUT2D eigenvalue weighted by Crippen LogP contribution is 2.31. The topological polar surface area (TPSA) is 42.0 Å². The van der Waals surface area contributed by atoms with E-state index in [1.54, 1.807) is 0 Å². The maximum Gasteiger partial charge on any atom is 0.258 e. The Bertz CT molecular complexity index is 802. The maximum atomic E-state index is 12.3. The largest absolute Gasteiger partial charge is 0.298 e. The fourth-order valence-corrected chi connectivity index (χ4v) is 3.76. The van der Waals surface area contributed by atoms with Crippen LogP contribution in [0.5, 0.6) is 0 Å². The molecular formula is C16H13IN2OS. The first-order chi connectivity index (χ1) is 10.1. The van der Waals surface area contributed by atoms with Gasteiger partial charge in [0.25, 0.3) is 5.91 Å². The van der Waals surface area contributed by atoms with Gasteiger partial charge < -0.3 is 0 Å². The Kier molecular flexibility index (Phi) is 3.95. The van der Waals surface area contributed by atoms with Crippen LogP contribution in [-0.2, 0) is 0 Å². The summed E-state index contributed by atoms with van der Waals surface area (Å²) in [7, 11) is 0. The Morgan fingerprint density at radius 2 is 1.86 bits per heavy atom. The van der Waals surface area contributed by atoms with E-state index >= 15 is 0 Å². The number of carbonyl (C=O) groups is 1. The van der Waals surface area contributed by atoms with E-state index in [4.69, 9.17) is 0 Å². The van der Waals surface area contributed by atoms with Crippen molar-refractivity contribution in [3.8, 4) is 0 Å². The van der Waals surface area contributed by atoms with Crippen molar-refractivity contribution in [3.63, 3.8) is 0 Å². The quantitative estimate of drug-likeness (QED) is 0.621. The molecule has 0 aliphatic rings. The van der Waals surface area contributed by atoms with Crippen LogP contribution in [0.2, 0.25) is 0 Å². The zero-order valence-electron chi connectivity index (χ0n) is 11.6. The lowest BCUT2D eigenvalue weighted by molar-refractivity contribution is 0.102. The molecule has 0 atom stereocenters. The first kappa shape index (κ1) is 14.5. The molecule has 2 aromatic carbocycles. The molecule has 0 bridgehead atoms. The molecule has 0 saturated carbocycles. The average molecular weight is 408 g/mol. The molecule has 1 aromatic heterocycles. The van der Waals surface area contributed by atoms with Crippen molar-refractivity contribution >= 4 is 55.2 Å². The van der Waals surface area contributed by atoms with Gasteiger partial charge in [-0.1, -0.05) is 35.6 Å². The summed E-state index contributed by atoms with van der Waals surface area (Å²) in [6, 6.07) is 11.7. The molecule has 3 nitrogen and oxygen atoms in total. The van der Waals surface area contributed by atoms with Crippen molar-refractivity contribution in [1.29, 1.82) is 0 Å². The third-order valence-corrected chi connectivity index (χ3v) is 5.33. The molecule has 1 heterocycles. The van der Waals surface area contributed by atoms with Gasteiger partial charge in [0.2, 0.25) is 0 Å². The lowest BCUT2D eigenvalue weighted by Crippen LogP contribution is -2.12. The molecule has 0 fully saturated rings. The minimum atomic E-state index is -0.116. The zero-order valence-corrected chi connectivity index (χ0v) is 14.6. The Labute approximate surface area is 140 Å². The number of aromatic nitrogens is 1. The van der Waals surface area contributed by atoms with E-state index in [0.29, 0.717) is 10.7 Å². The van der Waals surface area contributed by atoms with Crippen LogP contribution >= 0.6 is 33.9 Å². The van der Waals surface area contributed by atoms with Gasteiger partial charge >= 0.3 is 0 Å². The number of amides is 1. The van der Waals surface area contributed by atoms with Gasteiger partial charge in [-0.2, -0.15) is 0 Å². The van der Waals surface area contributed by atoms with E-state index in [0.717, 1.165) is 19.4 Å². The molecule has 0 unspecified atom stereocenters. The highest BCUT2D eigenvalue weighted by Gasteiger charge is 2.13. The predicted molar refractivity (Wildman–Crippen MR) is 96.2 cm³/mol. The molecule has 3 aromatic rings. The summed E-state index contributed by atoms with van der Waals surface area (Å²) >= 11 is 3.69.